The first kappa shape index (κ1) is 16.0. The van der Waals surface area contributed by atoms with Gasteiger partial charge in [0.1, 0.15) is 31.0 Å². The van der Waals surface area contributed by atoms with E-state index >= 15 is 0 Å². The average molecular weight is 324 g/mol. The van der Waals surface area contributed by atoms with Crippen molar-refractivity contribution in [2.75, 3.05) is 18.2 Å². The van der Waals surface area contributed by atoms with Gasteiger partial charge in [0.15, 0.2) is 0 Å². The van der Waals surface area contributed by atoms with Gasteiger partial charge in [-0.3, -0.25) is 0 Å². The molecule has 0 aliphatic carbocycles. The summed E-state index contributed by atoms with van der Waals surface area (Å²) in [5.41, 5.74) is 0.700. The number of benzene rings is 1. The molecule has 1 aliphatic rings. The zero-order chi connectivity index (χ0) is 14.7. The number of anilines is 1. The number of nitrogens with zero attached hydrogens (tertiary/aromatic N) is 3. The zero-order valence-corrected chi connectivity index (χ0v) is 13.0. The Bertz CT molecular complexity index is 657. The lowest BCUT2D eigenvalue weighted by Gasteiger charge is -2.23. The molecule has 118 valence electrons. The minimum absolute atomic E-state index is 0. The van der Waals surface area contributed by atoms with Crippen LogP contribution in [0.1, 0.15) is 0 Å². The highest BCUT2D eigenvalue weighted by Crippen LogP contribution is 2.30. The SMILES string of the molecule is C[n+]1ccn(CCN(C2=COCO2)c2ccccc2O)c1.[Cl-]. The largest absolute Gasteiger partial charge is 1.00 e. The van der Waals surface area contributed by atoms with E-state index in [0.717, 1.165) is 6.54 Å². The summed E-state index contributed by atoms with van der Waals surface area (Å²) in [7, 11) is 1.98. The van der Waals surface area contributed by atoms with E-state index in [1.54, 1.807) is 18.4 Å². The molecule has 0 fully saturated rings. The van der Waals surface area contributed by atoms with Gasteiger partial charge < -0.3 is 31.9 Å². The standard InChI is InChI=1S/C15H17N3O3.ClH/c1-16-6-7-17(11-16)8-9-18(15-10-20-12-21-15)13-4-2-3-5-14(13)19;/h2-7,10-11H,8-9,12H2,1H3;1H. The highest BCUT2D eigenvalue weighted by atomic mass is 35.5. The van der Waals surface area contributed by atoms with Gasteiger partial charge in [-0.15, -0.1) is 0 Å². The zero-order valence-electron chi connectivity index (χ0n) is 12.2. The lowest BCUT2D eigenvalue weighted by Crippen LogP contribution is -3.00. The number of para-hydroxylation sites is 2. The molecule has 0 spiro atoms. The Kier molecular flexibility index (Phi) is 5.16. The Balaban J connectivity index is 0.00000176. The summed E-state index contributed by atoms with van der Waals surface area (Å²) in [5, 5.41) is 10.1. The van der Waals surface area contributed by atoms with E-state index in [2.05, 4.69) is 4.57 Å². The van der Waals surface area contributed by atoms with Gasteiger partial charge in [-0.05, 0) is 12.1 Å². The lowest BCUT2D eigenvalue weighted by atomic mass is 10.2. The van der Waals surface area contributed by atoms with Gasteiger partial charge in [-0.2, -0.15) is 0 Å². The molecular formula is C15H18ClN3O3. The monoisotopic (exact) mass is 323 g/mol. The van der Waals surface area contributed by atoms with Gasteiger partial charge in [0.05, 0.1) is 19.3 Å². The van der Waals surface area contributed by atoms with Crippen LogP contribution in [0.15, 0.2) is 55.1 Å². The number of hydrogen-bond donors (Lipinski definition) is 1. The Labute approximate surface area is 135 Å². The summed E-state index contributed by atoms with van der Waals surface area (Å²) in [6.45, 7) is 1.62. The first-order valence-corrected chi connectivity index (χ1v) is 6.75. The minimum Gasteiger partial charge on any atom is -1.00 e. The van der Waals surface area contributed by atoms with E-state index in [4.69, 9.17) is 9.47 Å². The van der Waals surface area contributed by atoms with E-state index in [1.807, 2.05) is 47.4 Å². The van der Waals surface area contributed by atoms with E-state index in [-0.39, 0.29) is 24.9 Å². The van der Waals surface area contributed by atoms with Crippen LogP contribution in [-0.2, 0) is 23.1 Å². The molecule has 1 N–H and O–H groups in total. The van der Waals surface area contributed by atoms with Gasteiger partial charge in [0, 0.05) is 0 Å². The van der Waals surface area contributed by atoms with Crippen LogP contribution < -0.4 is 21.9 Å². The van der Waals surface area contributed by atoms with Crippen molar-refractivity contribution in [2.45, 2.75) is 6.54 Å². The van der Waals surface area contributed by atoms with Gasteiger partial charge in [-0.1, -0.05) is 12.1 Å². The molecule has 0 unspecified atom stereocenters. The first-order chi connectivity index (χ1) is 10.2. The Morgan fingerprint density at radius 3 is 2.82 bits per heavy atom. The third-order valence-electron chi connectivity index (χ3n) is 3.30. The van der Waals surface area contributed by atoms with Crippen LogP contribution in [0.5, 0.6) is 5.75 Å². The van der Waals surface area contributed by atoms with Crippen LogP contribution in [0.4, 0.5) is 5.69 Å². The van der Waals surface area contributed by atoms with Crippen molar-refractivity contribution in [3.63, 3.8) is 0 Å². The molecular weight excluding hydrogens is 306 g/mol. The molecule has 0 bridgehead atoms. The van der Waals surface area contributed by atoms with Crippen molar-refractivity contribution in [3.8, 4) is 5.75 Å². The van der Waals surface area contributed by atoms with Gasteiger partial charge in [0.2, 0.25) is 19.0 Å². The molecule has 0 saturated carbocycles. The summed E-state index contributed by atoms with van der Waals surface area (Å²) >= 11 is 0. The van der Waals surface area contributed by atoms with Gasteiger partial charge in [-0.25, -0.2) is 9.13 Å². The molecule has 3 rings (SSSR count). The van der Waals surface area contributed by atoms with Gasteiger partial charge in [0.25, 0.3) is 0 Å². The number of halogens is 1. The van der Waals surface area contributed by atoms with E-state index in [1.165, 1.54) is 0 Å². The summed E-state index contributed by atoms with van der Waals surface area (Å²) in [5.74, 6) is 0.819. The minimum atomic E-state index is 0. The van der Waals surface area contributed by atoms with Crippen molar-refractivity contribution in [3.05, 3.63) is 55.1 Å². The predicted octanol–water partition coefficient (Wildman–Crippen LogP) is -1.67. The smallest absolute Gasteiger partial charge is 0.243 e. The van der Waals surface area contributed by atoms with Crippen LogP contribution in [0, 0.1) is 0 Å². The Hall–Kier alpha value is -2.34. The van der Waals surface area contributed by atoms with E-state index < -0.39 is 0 Å². The molecule has 6 nitrogen and oxygen atoms in total. The second-order valence-corrected chi connectivity index (χ2v) is 4.84. The van der Waals surface area contributed by atoms with E-state index in [0.29, 0.717) is 18.1 Å². The van der Waals surface area contributed by atoms with E-state index in [9.17, 15) is 5.11 Å². The molecule has 1 aromatic heterocycles. The fourth-order valence-electron chi connectivity index (χ4n) is 2.27. The van der Waals surface area contributed by atoms with Crippen LogP contribution in [0.2, 0.25) is 0 Å². The number of phenolic OH excluding ortho intramolecular Hbond substituents is 1. The summed E-state index contributed by atoms with van der Waals surface area (Å²) < 4.78 is 14.7. The molecule has 7 heteroatoms. The van der Waals surface area contributed by atoms with Crippen molar-refractivity contribution < 1.29 is 31.6 Å². The quantitative estimate of drug-likeness (QED) is 0.669. The maximum atomic E-state index is 10.1. The third-order valence-corrected chi connectivity index (χ3v) is 3.30. The maximum absolute atomic E-state index is 10.1. The number of aromatic nitrogens is 2. The number of hydrogen-bond acceptors (Lipinski definition) is 4. The highest BCUT2D eigenvalue weighted by molar-refractivity contribution is 5.60. The molecule has 0 atom stereocenters. The average Bonchev–Trinajstić information content (AvgIpc) is 3.13. The van der Waals surface area contributed by atoms with Crippen LogP contribution >= 0.6 is 0 Å². The second-order valence-electron chi connectivity index (χ2n) is 4.84. The molecule has 0 radical (unpaired) electrons. The number of aryl methyl sites for hydroxylation is 1. The van der Waals surface area contributed by atoms with Crippen LogP contribution in [-0.4, -0.2) is 23.0 Å². The van der Waals surface area contributed by atoms with Crippen LogP contribution in [0.25, 0.3) is 0 Å². The summed E-state index contributed by atoms with van der Waals surface area (Å²) in [6, 6.07) is 7.19. The number of imidazole rings is 1. The third kappa shape index (κ3) is 3.46. The molecule has 1 aromatic carbocycles. The normalized spacial score (nSPS) is 12.9. The fraction of sp³-hybridized carbons (Fsp3) is 0.267. The topological polar surface area (TPSA) is 50.7 Å². The lowest BCUT2D eigenvalue weighted by molar-refractivity contribution is -0.671. The molecule has 0 saturated heterocycles. The van der Waals surface area contributed by atoms with Crippen molar-refractivity contribution in [2.24, 2.45) is 7.05 Å². The maximum Gasteiger partial charge on any atom is 0.243 e. The summed E-state index contributed by atoms with van der Waals surface area (Å²) in [6.07, 6.45) is 7.56. The Morgan fingerprint density at radius 2 is 2.18 bits per heavy atom. The molecule has 2 aromatic rings. The molecule has 2 heterocycles. The fourth-order valence-corrected chi connectivity index (χ4v) is 2.27. The van der Waals surface area contributed by atoms with Crippen molar-refractivity contribution >= 4 is 5.69 Å². The van der Waals surface area contributed by atoms with Gasteiger partial charge >= 0.3 is 0 Å². The number of rotatable bonds is 5. The number of phenols is 1. The Morgan fingerprint density at radius 1 is 1.36 bits per heavy atom. The summed E-state index contributed by atoms with van der Waals surface area (Å²) in [4.78, 5) is 1.91. The highest BCUT2D eigenvalue weighted by Gasteiger charge is 2.21. The van der Waals surface area contributed by atoms with Crippen molar-refractivity contribution in [1.82, 2.24) is 4.57 Å². The second kappa shape index (κ2) is 7.09. The number of ether oxygens (including phenoxy) is 2. The van der Waals surface area contributed by atoms with Crippen LogP contribution in [0.3, 0.4) is 0 Å². The van der Waals surface area contributed by atoms with Crippen molar-refractivity contribution in [1.29, 1.82) is 0 Å². The first-order valence-electron chi connectivity index (χ1n) is 6.75. The number of aromatic hydroxyl groups is 1. The molecule has 1 aliphatic heterocycles. The molecule has 22 heavy (non-hydrogen) atoms. The molecule has 0 amide bonds. The predicted molar refractivity (Wildman–Crippen MR) is 76.2 cm³/mol.